The van der Waals surface area contributed by atoms with Crippen LogP contribution in [-0.2, 0) is 6.42 Å². The van der Waals surface area contributed by atoms with Crippen molar-refractivity contribution in [3.05, 3.63) is 101 Å². The Morgan fingerprint density at radius 3 is 2.46 bits per heavy atom. The van der Waals surface area contributed by atoms with Crippen molar-refractivity contribution in [1.29, 1.82) is 5.26 Å². The molecule has 0 aliphatic carbocycles. The van der Waals surface area contributed by atoms with Gasteiger partial charge >= 0.3 is 0 Å². The molecule has 1 atom stereocenters. The van der Waals surface area contributed by atoms with E-state index in [0.29, 0.717) is 5.56 Å². The van der Waals surface area contributed by atoms with Crippen LogP contribution in [0.25, 0.3) is 0 Å². The molecule has 0 fully saturated rings. The summed E-state index contributed by atoms with van der Waals surface area (Å²) in [6, 6.07) is 28.3. The van der Waals surface area contributed by atoms with E-state index in [1.807, 2.05) is 48.5 Å². The van der Waals surface area contributed by atoms with Gasteiger partial charge in [0.1, 0.15) is 0 Å². The molecule has 0 saturated heterocycles. The molecule has 0 bridgehead atoms. The van der Waals surface area contributed by atoms with Crippen molar-refractivity contribution in [2.45, 2.75) is 17.2 Å². The van der Waals surface area contributed by atoms with Crippen molar-refractivity contribution >= 4 is 23.5 Å². The molecule has 3 aromatic rings. The predicted molar refractivity (Wildman–Crippen MR) is 109 cm³/mol. The molecule has 4 heteroatoms. The van der Waals surface area contributed by atoms with E-state index >= 15 is 0 Å². The third-order valence-corrected chi connectivity index (χ3v) is 5.22. The first-order valence-corrected chi connectivity index (χ1v) is 9.63. The van der Waals surface area contributed by atoms with Gasteiger partial charge in [-0.1, -0.05) is 54.1 Å². The van der Waals surface area contributed by atoms with Gasteiger partial charge in [-0.2, -0.15) is 5.26 Å². The van der Waals surface area contributed by atoms with Crippen LogP contribution in [0.5, 0.6) is 0 Å². The van der Waals surface area contributed by atoms with Gasteiger partial charge in [-0.05, 0) is 65.9 Å². The number of hydrogen-bond donors (Lipinski definition) is 1. The van der Waals surface area contributed by atoms with E-state index in [1.165, 1.54) is 16.0 Å². The number of halogens is 1. The van der Waals surface area contributed by atoms with Gasteiger partial charge < -0.3 is 0 Å². The molecule has 0 aliphatic heterocycles. The van der Waals surface area contributed by atoms with E-state index in [0.717, 1.165) is 18.0 Å². The Balaban J connectivity index is 1.74. The third kappa shape index (κ3) is 5.37. The Hall–Kier alpha value is -2.25. The molecule has 3 aromatic carbocycles. The molecule has 0 spiro atoms. The fraction of sp³-hybridized carbons (Fsp3) is 0.136. The topological polar surface area (TPSA) is 35.8 Å². The minimum Gasteiger partial charge on any atom is -0.259 e. The van der Waals surface area contributed by atoms with Crippen molar-refractivity contribution in [2.75, 3.05) is 6.54 Å². The molecule has 1 N–H and O–H groups in total. The maximum atomic E-state index is 9.20. The molecule has 0 heterocycles. The van der Waals surface area contributed by atoms with E-state index in [4.69, 9.17) is 11.6 Å². The number of benzene rings is 3. The zero-order valence-corrected chi connectivity index (χ0v) is 15.8. The molecule has 3 rings (SSSR count). The lowest BCUT2D eigenvalue weighted by Gasteiger charge is -2.18. The second-order valence-electron chi connectivity index (χ2n) is 6.03. The molecule has 26 heavy (non-hydrogen) atoms. The summed E-state index contributed by atoms with van der Waals surface area (Å²) in [6.07, 6.45) is 0.883. The second kappa shape index (κ2) is 9.45. The molecule has 1 unspecified atom stereocenters. The molecule has 0 radical (unpaired) electrons. The van der Waals surface area contributed by atoms with E-state index in [-0.39, 0.29) is 5.92 Å². The van der Waals surface area contributed by atoms with Crippen LogP contribution in [0.1, 0.15) is 22.6 Å². The molecule has 0 saturated carbocycles. The predicted octanol–water partition coefficient (Wildman–Crippen LogP) is 5.83. The number of hydrogen-bond acceptors (Lipinski definition) is 3. The summed E-state index contributed by atoms with van der Waals surface area (Å²) < 4.78 is 3.48. The Labute approximate surface area is 164 Å². The van der Waals surface area contributed by atoms with Gasteiger partial charge in [0, 0.05) is 22.4 Å². The van der Waals surface area contributed by atoms with Crippen LogP contribution in [-0.4, -0.2) is 6.54 Å². The Kier molecular flexibility index (Phi) is 6.74. The van der Waals surface area contributed by atoms with E-state index in [9.17, 15) is 5.26 Å². The average Bonchev–Trinajstić information content (AvgIpc) is 2.69. The van der Waals surface area contributed by atoms with E-state index in [1.54, 1.807) is 11.9 Å². The van der Waals surface area contributed by atoms with Crippen molar-refractivity contribution in [3.63, 3.8) is 0 Å². The van der Waals surface area contributed by atoms with Crippen LogP contribution >= 0.6 is 23.5 Å². The second-order valence-corrected chi connectivity index (χ2v) is 7.43. The molecule has 130 valence electrons. The highest BCUT2D eigenvalue weighted by atomic mass is 35.5. The number of rotatable bonds is 7. The summed E-state index contributed by atoms with van der Waals surface area (Å²) in [5.41, 5.74) is 3.09. The number of nitrogens with zero attached hydrogens (tertiary/aromatic N) is 1. The van der Waals surface area contributed by atoms with Crippen molar-refractivity contribution in [1.82, 2.24) is 4.72 Å². The smallest absolute Gasteiger partial charge is 0.0991 e. The number of nitriles is 1. The van der Waals surface area contributed by atoms with Crippen molar-refractivity contribution in [3.8, 4) is 6.07 Å². The summed E-state index contributed by atoms with van der Waals surface area (Å²) in [5, 5.41) is 9.95. The monoisotopic (exact) mass is 378 g/mol. The summed E-state index contributed by atoms with van der Waals surface area (Å²) in [7, 11) is 0. The van der Waals surface area contributed by atoms with Gasteiger partial charge in [-0.15, -0.1) is 0 Å². The maximum absolute atomic E-state index is 9.20. The van der Waals surface area contributed by atoms with Crippen LogP contribution in [0.2, 0.25) is 5.02 Å². The minimum absolute atomic E-state index is 0.265. The van der Waals surface area contributed by atoms with E-state index < -0.39 is 0 Å². The molecule has 0 aliphatic rings. The van der Waals surface area contributed by atoms with Gasteiger partial charge in [-0.3, -0.25) is 4.72 Å². The van der Waals surface area contributed by atoms with Gasteiger partial charge in [0.05, 0.1) is 11.6 Å². The normalized spacial score (nSPS) is 11.7. The lowest BCUT2D eigenvalue weighted by molar-refractivity contribution is 0.671. The molecule has 0 amide bonds. The van der Waals surface area contributed by atoms with Crippen molar-refractivity contribution in [2.24, 2.45) is 0 Å². The van der Waals surface area contributed by atoms with Gasteiger partial charge in [0.25, 0.3) is 0 Å². The fourth-order valence-corrected chi connectivity index (χ4v) is 3.66. The molecular formula is C22H19ClN2S. The fourth-order valence-electron chi connectivity index (χ4n) is 2.79. The average molecular weight is 379 g/mol. The van der Waals surface area contributed by atoms with Crippen LogP contribution < -0.4 is 4.72 Å². The summed E-state index contributed by atoms with van der Waals surface area (Å²) in [4.78, 5) is 1.18. The minimum atomic E-state index is 0.265. The van der Waals surface area contributed by atoms with Crippen molar-refractivity contribution < 1.29 is 0 Å². The molecular weight excluding hydrogens is 360 g/mol. The molecule has 2 nitrogen and oxygen atoms in total. The van der Waals surface area contributed by atoms with Gasteiger partial charge in [0.15, 0.2) is 0 Å². The lowest BCUT2D eigenvalue weighted by atomic mass is 9.91. The largest absolute Gasteiger partial charge is 0.259 e. The van der Waals surface area contributed by atoms with E-state index in [2.05, 4.69) is 41.1 Å². The number of nitrogens with one attached hydrogen (secondary N) is 1. The van der Waals surface area contributed by atoms with Crippen LogP contribution in [0.4, 0.5) is 0 Å². The SMILES string of the molecule is N#Cc1cccc(C(CNSc2ccccc2)Cc2ccc(Cl)cc2)c1. The van der Waals surface area contributed by atoms with Crippen LogP contribution in [0.3, 0.4) is 0 Å². The highest BCUT2D eigenvalue weighted by molar-refractivity contribution is 7.97. The zero-order chi connectivity index (χ0) is 18.2. The standard InChI is InChI=1S/C22H19ClN2S/c23-21-11-9-17(10-12-21)13-20(19-6-4-5-18(14-19)15-24)16-25-26-22-7-2-1-3-8-22/h1-12,14,20,25H,13,16H2. The van der Waals surface area contributed by atoms with Gasteiger partial charge in [-0.25, -0.2) is 0 Å². The Morgan fingerprint density at radius 1 is 0.962 bits per heavy atom. The summed E-state index contributed by atoms with van der Waals surface area (Å²) in [5.74, 6) is 0.265. The van der Waals surface area contributed by atoms with Gasteiger partial charge in [0.2, 0.25) is 0 Å². The lowest BCUT2D eigenvalue weighted by Crippen LogP contribution is -2.18. The summed E-state index contributed by atoms with van der Waals surface area (Å²) >= 11 is 7.63. The first-order chi connectivity index (χ1) is 12.7. The Bertz CT molecular complexity index is 873. The first kappa shape index (κ1) is 18.5. The van der Waals surface area contributed by atoms with Crippen LogP contribution in [0.15, 0.2) is 83.8 Å². The quantitative estimate of drug-likeness (QED) is 0.525. The van der Waals surface area contributed by atoms with Crippen LogP contribution in [0, 0.1) is 11.3 Å². The highest BCUT2D eigenvalue weighted by Crippen LogP contribution is 2.24. The highest BCUT2D eigenvalue weighted by Gasteiger charge is 2.13. The first-order valence-electron chi connectivity index (χ1n) is 8.44. The summed E-state index contributed by atoms with van der Waals surface area (Å²) in [6.45, 7) is 0.803. The third-order valence-electron chi connectivity index (χ3n) is 4.15. The molecule has 0 aromatic heterocycles. The zero-order valence-electron chi connectivity index (χ0n) is 14.2. The maximum Gasteiger partial charge on any atom is 0.0991 e. The Morgan fingerprint density at radius 2 is 1.73 bits per heavy atom.